The number of rotatable bonds is 6. The Hall–Kier alpha value is -0.730. The van der Waals surface area contributed by atoms with E-state index in [2.05, 4.69) is 39.9 Å². The van der Waals surface area contributed by atoms with Gasteiger partial charge in [-0.3, -0.25) is 0 Å². The molecule has 0 aliphatic heterocycles. The predicted octanol–water partition coefficient (Wildman–Crippen LogP) is 2.72. The molecular formula is C12H26N2O. The van der Waals surface area contributed by atoms with Gasteiger partial charge in [0.05, 0.1) is 0 Å². The summed E-state index contributed by atoms with van der Waals surface area (Å²) in [5.74, 6) is 1.05. The van der Waals surface area contributed by atoms with Crippen LogP contribution in [-0.4, -0.2) is 30.6 Å². The summed E-state index contributed by atoms with van der Waals surface area (Å²) < 4.78 is 0. The highest BCUT2D eigenvalue weighted by Gasteiger charge is 2.14. The molecule has 0 atom stereocenters. The zero-order chi connectivity index (χ0) is 11.8. The van der Waals surface area contributed by atoms with Crippen molar-refractivity contribution in [2.75, 3.05) is 19.6 Å². The summed E-state index contributed by atoms with van der Waals surface area (Å²) in [5, 5.41) is 2.93. The van der Waals surface area contributed by atoms with Gasteiger partial charge in [-0.15, -0.1) is 0 Å². The monoisotopic (exact) mass is 214 g/mol. The topological polar surface area (TPSA) is 32.3 Å². The number of hydrogen-bond donors (Lipinski definition) is 1. The zero-order valence-corrected chi connectivity index (χ0v) is 10.8. The number of urea groups is 1. The maximum Gasteiger partial charge on any atom is 0.317 e. The summed E-state index contributed by atoms with van der Waals surface area (Å²) in [7, 11) is 0. The molecule has 15 heavy (non-hydrogen) atoms. The zero-order valence-electron chi connectivity index (χ0n) is 10.8. The molecule has 0 saturated carbocycles. The Morgan fingerprint density at radius 1 is 1.13 bits per heavy atom. The van der Waals surface area contributed by atoms with Crippen molar-refractivity contribution in [1.29, 1.82) is 0 Å². The minimum absolute atomic E-state index is 0.0826. The fourth-order valence-corrected chi connectivity index (χ4v) is 1.47. The first-order chi connectivity index (χ1) is 6.97. The second-order valence-corrected chi connectivity index (χ2v) is 4.92. The molecule has 0 bridgehead atoms. The van der Waals surface area contributed by atoms with Crippen molar-refractivity contribution in [3.63, 3.8) is 0 Å². The van der Waals surface area contributed by atoms with E-state index < -0.39 is 0 Å². The van der Waals surface area contributed by atoms with Gasteiger partial charge in [0.2, 0.25) is 0 Å². The Kier molecular flexibility index (Phi) is 7.18. The Bertz CT molecular complexity index is 168. The van der Waals surface area contributed by atoms with Crippen LogP contribution < -0.4 is 5.32 Å². The molecule has 0 fully saturated rings. The molecule has 0 aromatic heterocycles. The van der Waals surface area contributed by atoms with Crippen molar-refractivity contribution >= 4 is 6.03 Å². The van der Waals surface area contributed by atoms with E-state index in [1.54, 1.807) is 0 Å². The van der Waals surface area contributed by atoms with Gasteiger partial charge in [0.1, 0.15) is 0 Å². The molecule has 0 aliphatic rings. The van der Waals surface area contributed by atoms with Crippen LogP contribution in [0.1, 0.15) is 41.0 Å². The predicted molar refractivity (Wildman–Crippen MR) is 64.9 cm³/mol. The largest absolute Gasteiger partial charge is 0.338 e. The highest BCUT2D eigenvalue weighted by molar-refractivity contribution is 5.74. The first-order valence-electron chi connectivity index (χ1n) is 6.00. The summed E-state index contributed by atoms with van der Waals surface area (Å²) in [5.41, 5.74) is 0. The van der Waals surface area contributed by atoms with Crippen molar-refractivity contribution in [2.45, 2.75) is 41.0 Å². The van der Waals surface area contributed by atoms with E-state index in [4.69, 9.17) is 0 Å². The van der Waals surface area contributed by atoms with Gasteiger partial charge >= 0.3 is 6.03 Å². The molecule has 0 rings (SSSR count). The van der Waals surface area contributed by atoms with Gasteiger partial charge in [0, 0.05) is 19.6 Å². The fraction of sp³-hybridized carbons (Fsp3) is 0.917. The van der Waals surface area contributed by atoms with E-state index in [0.29, 0.717) is 11.8 Å². The lowest BCUT2D eigenvalue weighted by molar-refractivity contribution is 0.183. The van der Waals surface area contributed by atoms with Crippen molar-refractivity contribution < 1.29 is 4.79 Å². The third-order valence-electron chi connectivity index (χ3n) is 1.98. The van der Waals surface area contributed by atoms with Crippen LogP contribution in [0.15, 0.2) is 0 Å². The second kappa shape index (κ2) is 7.55. The lowest BCUT2D eigenvalue weighted by Crippen LogP contribution is -2.43. The number of hydrogen-bond acceptors (Lipinski definition) is 1. The van der Waals surface area contributed by atoms with Gasteiger partial charge < -0.3 is 10.2 Å². The average molecular weight is 214 g/mol. The molecule has 90 valence electrons. The number of carbonyl (C=O) groups is 1. The summed E-state index contributed by atoms with van der Waals surface area (Å²) in [6.45, 7) is 13.1. The Balaban J connectivity index is 4.14. The molecule has 1 N–H and O–H groups in total. The molecule has 0 saturated heterocycles. The van der Waals surface area contributed by atoms with Crippen molar-refractivity contribution in [1.82, 2.24) is 10.2 Å². The molecule has 0 aromatic rings. The van der Waals surface area contributed by atoms with Crippen LogP contribution in [0.25, 0.3) is 0 Å². The summed E-state index contributed by atoms with van der Waals surface area (Å²) in [6.07, 6.45) is 0.989. The summed E-state index contributed by atoms with van der Waals surface area (Å²) in [4.78, 5) is 13.7. The Morgan fingerprint density at radius 3 is 1.93 bits per heavy atom. The molecule has 0 aliphatic carbocycles. The van der Waals surface area contributed by atoms with E-state index in [9.17, 15) is 4.79 Å². The number of nitrogens with one attached hydrogen (secondary N) is 1. The third kappa shape index (κ3) is 7.23. The molecule has 0 radical (unpaired) electrons. The quantitative estimate of drug-likeness (QED) is 0.724. The van der Waals surface area contributed by atoms with Gasteiger partial charge in [0.25, 0.3) is 0 Å². The molecule has 0 spiro atoms. The van der Waals surface area contributed by atoms with Crippen molar-refractivity contribution in [3.05, 3.63) is 0 Å². The molecule has 3 heteroatoms. The van der Waals surface area contributed by atoms with Gasteiger partial charge in [-0.1, -0.05) is 34.6 Å². The van der Waals surface area contributed by atoms with Gasteiger partial charge in [-0.2, -0.15) is 0 Å². The second-order valence-electron chi connectivity index (χ2n) is 4.92. The van der Waals surface area contributed by atoms with Crippen LogP contribution >= 0.6 is 0 Å². The SMILES string of the molecule is CCCNC(=O)N(CC(C)C)CC(C)C. The molecular weight excluding hydrogens is 188 g/mol. The third-order valence-corrected chi connectivity index (χ3v) is 1.98. The van der Waals surface area contributed by atoms with Crippen LogP contribution in [0.5, 0.6) is 0 Å². The van der Waals surface area contributed by atoms with Crippen LogP contribution in [0.4, 0.5) is 4.79 Å². The van der Waals surface area contributed by atoms with Crippen molar-refractivity contribution in [2.24, 2.45) is 11.8 Å². The lowest BCUT2D eigenvalue weighted by atomic mass is 10.1. The maximum absolute atomic E-state index is 11.8. The molecule has 3 nitrogen and oxygen atoms in total. The van der Waals surface area contributed by atoms with Crippen LogP contribution in [0.3, 0.4) is 0 Å². The van der Waals surface area contributed by atoms with Crippen molar-refractivity contribution in [3.8, 4) is 0 Å². The Labute approximate surface area is 94.2 Å². The standard InChI is InChI=1S/C12H26N2O/c1-6-7-13-12(15)14(8-10(2)3)9-11(4)5/h10-11H,6-9H2,1-5H3,(H,13,15). The van der Waals surface area contributed by atoms with E-state index in [1.807, 2.05) is 4.90 Å². The minimum Gasteiger partial charge on any atom is -0.338 e. The Morgan fingerprint density at radius 2 is 1.60 bits per heavy atom. The van der Waals surface area contributed by atoms with E-state index in [1.165, 1.54) is 0 Å². The highest BCUT2D eigenvalue weighted by Crippen LogP contribution is 2.04. The van der Waals surface area contributed by atoms with E-state index >= 15 is 0 Å². The lowest BCUT2D eigenvalue weighted by Gasteiger charge is -2.26. The number of carbonyl (C=O) groups excluding carboxylic acids is 1. The average Bonchev–Trinajstić information content (AvgIpc) is 2.11. The van der Waals surface area contributed by atoms with E-state index in [0.717, 1.165) is 26.1 Å². The smallest absolute Gasteiger partial charge is 0.317 e. The van der Waals surface area contributed by atoms with Gasteiger partial charge in [-0.25, -0.2) is 4.79 Å². The number of nitrogens with zero attached hydrogens (tertiary/aromatic N) is 1. The molecule has 0 heterocycles. The fourth-order valence-electron chi connectivity index (χ4n) is 1.47. The first kappa shape index (κ1) is 14.3. The van der Waals surface area contributed by atoms with Crippen LogP contribution in [-0.2, 0) is 0 Å². The first-order valence-corrected chi connectivity index (χ1v) is 6.00. The number of amides is 2. The maximum atomic E-state index is 11.8. The van der Waals surface area contributed by atoms with Crippen LogP contribution in [0.2, 0.25) is 0 Å². The summed E-state index contributed by atoms with van der Waals surface area (Å²) in [6, 6.07) is 0.0826. The summed E-state index contributed by atoms with van der Waals surface area (Å²) >= 11 is 0. The minimum atomic E-state index is 0.0826. The highest BCUT2D eigenvalue weighted by atomic mass is 16.2. The van der Waals surface area contributed by atoms with E-state index in [-0.39, 0.29) is 6.03 Å². The normalized spacial score (nSPS) is 10.9. The molecule has 0 unspecified atom stereocenters. The van der Waals surface area contributed by atoms with Gasteiger partial charge in [-0.05, 0) is 18.3 Å². The van der Waals surface area contributed by atoms with Crippen LogP contribution in [0, 0.1) is 11.8 Å². The van der Waals surface area contributed by atoms with Gasteiger partial charge in [0.15, 0.2) is 0 Å². The molecule has 0 aromatic carbocycles. The molecule has 2 amide bonds.